The highest BCUT2D eigenvalue weighted by molar-refractivity contribution is 7.85. The van der Waals surface area contributed by atoms with Crippen LogP contribution in [0.4, 0.5) is 5.69 Å². The fourth-order valence-electron chi connectivity index (χ4n) is 7.45. The van der Waals surface area contributed by atoms with Gasteiger partial charge in [0.2, 0.25) is 17.1 Å². The molecule has 0 saturated carbocycles. The van der Waals surface area contributed by atoms with Crippen LogP contribution in [0.15, 0.2) is 81.8 Å². The molecule has 15 nitrogen and oxygen atoms in total. The molecule has 0 fully saturated rings. The van der Waals surface area contributed by atoms with Gasteiger partial charge in [-0.25, -0.2) is 9.37 Å². The molecule has 3 heterocycles. The fraction of sp³-hybridized carbons (Fsp3) is 0.478. The molecule has 1 aromatic carbocycles. The van der Waals surface area contributed by atoms with E-state index in [1.54, 1.807) is 20.3 Å². The van der Waals surface area contributed by atoms with E-state index in [1.807, 2.05) is 32.1 Å². The smallest absolute Gasteiger partial charge is 0.333 e. The summed E-state index contributed by atoms with van der Waals surface area (Å²) in [6.07, 6.45) is 7.76. The highest BCUT2D eigenvalue weighted by Crippen LogP contribution is 2.48. The van der Waals surface area contributed by atoms with Crippen LogP contribution in [0.3, 0.4) is 0 Å². The van der Waals surface area contributed by atoms with E-state index in [0.29, 0.717) is 89.0 Å². The molecule has 0 radical (unpaired) electrons. The zero-order valence-electron chi connectivity index (χ0n) is 36.9. The van der Waals surface area contributed by atoms with Gasteiger partial charge in [-0.1, -0.05) is 47.1 Å². The summed E-state index contributed by atoms with van der Waals surface area (Å²) >= 11 is 0. The molecule has 2 aliphatic heterocycles. The summed E-state index contributed by atoms with van der Waals surface area (Å²) in [6, 6.07) is 15.4. The fourth-order valence-corrected chi connectivity index (χ4v) is 7.96. The van der Waals surface area contributed by atoms with E-state index in [4.69, 9.17) is 28.2 Å². The lowest BCUT2D eigenvalue weighted by Crippen LogP contribution is -2.36. The summed E-state index contributed by atoms with van der Waals surface area (Å²) in [7, 11) is -1.15. The van der Waals surface area contributed by atoms with Crippen molar-refractivity contribution in [2.45, 2.75) is 76.0 Å². The van der Waals surface area contributed by atoms with Crippen LogP contribution in [0, 0.1) is 0 Å². The van der Waals surface area contributed by atoms with E-state index in [1.165, 1.54) is 24.3 Å². The predicted molar refractivity (Wildman–Crippen MR) is 236 cm³/mol. The zero-order chi connectivity index (χ0) is 45.1. The number of hydrogen-bond acceptors (Lipinski definition) is 12. The van der Waals surface area contributed by atoms with Crippen molar-refractivity contribution in [2.75, 3.05) is 78.4 Å². The molecule has 0 unspecified atom stereocenters. The number of methoxy groups -OCH3 is 2. The number of fused-ring (bicyclic) bond motifs is 2. The number of allylic oxidation sites excluding steroid dienone is 3. The zero-order valence-corrected chi connectivity index (χ0v) is 37.7. The maximum atomic E-state index is 12.4. The molecule has 0 bridgehead atoms. The summed E-state index contributed by atoms with van der Waals surface area (Å²) in [4.78, 5) is 19.5. The Morgan fingerprint density at radius 3 is 2.13 bits per heavy atom. The molecule has 62 heavy (non-hydrogen) atoms. The summed E-state index contributed by atoms with van der Waals surface area (Å²) < 4.78 is 65.7. The Hall–Kier alpha value is -4.97. The Morgan fingerprint density at radius 2 is 1.52 bits per heavy atom. The third-order valence-corrected chi connectivity index (χ3v) is 11.6. The number of anilines is 1. The Kier molecular flexibility index (Phi) is 16.6. The summed E-state index contributed by atoms with van der Waals surface area (Å²) in [5.41, 5.74) is 3.74. The molecular formula is C46H62N3O12S+. The van der Waals surface area contributed by atoms with Crippen molar-refractivity contribution in [3.05, 3.63) is 94.7 Å². The minimum absolute atomic E-state index is 0.0697. The van der Waals surface area contributed by atoms with E-state index in [9.17, 15) is 28.0 Å². The van der Waals surface area contributed by atoms with E-state index in [-0.39, 0.29) is 28.5 Å². The molecule has 1 aromatic heterocycles. The van der Waals surface area contributed by atoms with Gasteiger partial charge in [0.1, 0.15) is 24.7 Å². The van der Waals surface area contributed by atoms with Crippen LogP contribution in [0.25, 0.3) is 17.4 Å². The van der Waals surface area contributed by atoms with Crippen molar-refractivity contribution in [1.82, 2.24) is 9.31 Å². The second-order valence-electron chi connectivity index (χ2n) is 16.7. The van der Waals surface area contributed by atoms with Crippen LogP contribution in [-0.2, 0) is 44.7 Å². The largest absolute Gasteiger partial charge is 0.492 e. The lowest BCUT2D eigenvalue weighted by atomic mass is 9.82. The van der Waals surface area contributed by atoms with E-state index in [2.05, 4.69) is 54.5 Å². The van der Waals surface area contributed by atoms with Gasteiger partial charge in [-0.05, 0) is 71.9 Å². The molecule has 0 saturated heterocycles. The second-order valence-corrected chi connectivity index (χ2v) is 18.1. The van der Waals surface area contributed by atoms with Gasteiger partial charge in [-0.2, -0.15) is 8.42 Å². The highest BCUT2D eigenvalue weighted by atomic mass is 32.2. The van der Waals surface area contributed by atoms with Gasteiger partial charge >= 0.3 is 5.97 Å². The van der Waals surface area contributed by atoms with Crippen LogP contribution in [0.2, 0.25) is 0 Å². The number of rotatable bonds is 22. The van der Waals surface area contributed by atoms with Crippen LogP contribution >= 0.6 is 0 Å². The Bertz CT molecular complexity index is 2320. The first-order valence-electron chi connectivity index (χ1n) is 20.8. The van der Waals surface area contributed by atoms with E-state index < -0.39 is 21.5 Å². The first-order valence-corrected chi connectivity index (χ1v) is 22.3. The normalized spacial score (nSPS) is 14.6. The molecular weight excluding hydrogens is 819 g/mol. The minimum Gasteiger partial charge on any atom is -0.492 e. The number of ether oxygens (including phenoxy) is 4. The molecule has 3 N–H and O–H groups in total. The lowest BCUT2D eigenvalue weighted by Gasteiger charge is -2.27. The van der Waals surface area contributed by atoms with Gasteiger partial charge < -0.3 is 43.3 Å². The number of carbonyl (C=O) groups excluding carboxylic acids is 1. The van der Waals surface area contributed by atoms with Gasteiger partial charge in [0, 0.05) is 67.7 Å². The summed E-state index contributed by atoms with van der Waals surface area (Å²) in [6.45, 7) is 15.4. The number of aromatic nitrogens is 1. The maximum Gasteiger partial charge on any atom is 0.333 e. The van der Waals surface area contributed by atoms with Crippen LogP contribution < -0.4 is 19.7 Å². The van der Waals surface area contributed by atoms with Crippen molar-refractivity contribution in [2.24, 2.45) is 0 Å². The predicted octanol–water partition coefficient (Wildman–Crippen LogP) is 6.15. The number of unbranched alkanes of at least 4 members (excludes halogenated alkanes) is 2. The van der Waals surface area contributed by atoms with Crippen molar-refractivity contribution in [3.8, 4) is 23.1 Å². The number of hydrogen-bond donors (Lipinski definition) is 3. The Balaban J connectivity index is 1.44. The third-order valence-electron chi connectivity index (χ3n) is 10.7. The molecule has 16 heteroatoms. The Labute approximate surface area is 364 Å². The average Bonchev–Trinajstić information content (AvgIpc) is 3.64. The van der Waals surface area contributed by atoms with Crippen molar-refractivity contribution >= 4 is 27.9 Å². The first-order chi connectivity index (χ1) is 29.4. The van der Waals surface area contributed by atoms with Gasteiger partial charge in [-0.3, -0.25) is 4.55 Å². The molecule has 2 aromatic rings. The van der Waals surface area contributed by atoms with Crippen LogP contribution in [-0.4, -0.2) is 107 Å². The van der Waals surface area contributed by atoms with Crippen molar-refractivity contribution in [1.29, 1.82) is 0 Å². The first kappa shape index (κ1) is 48.1. The summed E-state index contributed by atoms with van der Waals surface area (Å²) in [5.74, 6) is 0.00694. The number of benzene rings is 2. The number of aromatic hydroxyl groups is 2. The minimum atomic E-state index is -4.44. The van der Waals surface area contributed by atoms with Gasteiger partial charge in [0.15, 0.2) is 13.1 Å². The van der Waals surface area contributed by atoms with E-state index >= 15 is 0 Å². The molecule has 0 spiro atoms. The van der Waals surface area contributed by atoms with Crippen molar-refractivity contribution < 1.29 is 56.2 Å². The van der Waals surface area contributed by atoms with E-state index in [0.717, 1.165) is 39.2 Å². The van der Waals surface area contributed by atoms with Gasteiger partial charge in [0.25, 0.3) is 10.1 Å². The van der Waals surface area contributed by atoms with Gasteiger partial charge in [-0.15, -0.1) is 4.73 Å². The Morgan fingerprint density at radius 1 is 0.855 bits per heavy atom. The topological polar surface area (TPSA) is 182 Å². The number of carbonyl (C=O) groups is 1. The maximum absolute atomic E-state index is 12.4. The summed E-state index contributed by atoms with van der Waals surface area (Å²) in [5, 5.41) is 20.5. The van der Waals surface area contributed by atoms with Crippen LogP contribution in [0.5, 0.6) is 11.8 Å². The molecule has 3 aliphatic rings. The SMILES string of the molecule is COCCOCC[N+](CCOCCOC)=c1ccc2c(C(C)(C)C)cc(C=CC=C3N(CCCCCC(=O)On4c(O)ccc4O)c4ccc(S(=O)(=O)O)cc4C3(C)C)oc-2c1. The number of nitrogens with zero attached hydrogens (tertiary/aromatic N) is 3. The standard InChI is InChI=1S/C46H61N3O12S/c1-45(2,3)37-31-34(60-40-30-33(15-17-36(37)40)47(22-24-58-28-26-56-6)23-25-59-29-27-57-7)12-11-13-41-46(4,5)38-32-35(62(53,54)55)16-18-39(38)48(41)21-10-8-9-14-44(52)61-49-42(50)19-20-43(49)51/h11-13,15-20,30-32H,8-10,14,21-29H2,1-7H3,(H2-,50,51,53,54,55)/p+1. The monoisotopic (exact) mass is 880 g/mol. The molecule has 0 amide bonds. The molecule has 5 rings (SSSR count). The molecule has 0 atom stereocenters. The van der Waals surface area contributed by atoms with Crippen LogP contribution in [0.1, 0.15) is 77.2 Å². The molecule has 338 valence electrons. The second kappa shape index (κ2) is 21.4. The lowest BCUT2D eigenvalue weighted by molar-refractivity contribution is -0.145. The van der Waals surface area contributed by atoms with Gasteiger partial charge in [0.05, 0.1) is 37.4 Å². The highest BCUT2D eigenvalue weighted by Gasteiger charge is 2.40. The van der Waals surface area contributed by atoms with Crippen molar-refractivity contribution in [3.63, 3.8) is 0 Å². The average molecular weight is 881 g/mol. The quantitative estimate of drug-likeness (QED) is 0.0465. The molecule has 1 aliphatic carbocycles. The third kappa shape index (κ3) is 12.4.